The van der Waals surface area contributed by atoms with Gasteiger partial charge in [-0.15, -0.1) is 0 Å². The number of esters is 2. The van der Waals surface area contributed by atoms with Crippen molar-refractivity contribution in [2.45, 2.75) is 171 Å². The van der Waals surface area contributed by atoms with Gasteiger partial charge in [-0.3, -0.25) is 14.4 Å². The summed E-state index contributed by atoms with van der Waals surface area (Å²) in [6, 6.07) is 0. The van der Waals surface area contributed by atoms with Gasteiger partial charge in [-0.05, 0) is 155 Å². The first-order valence-electron chi connectivity index (χ1n) is 20.9. The highest BCUT2D eigenvalue weighted by Gasteiger charge is 2.69. The summed E-state index contributed by atoms with van der Waals surface area (Å²) in [5.74, 6) is 2.14. The molecular weight excluding hydrogens is 684 g/mol. The van der Waals surface area contributed by atoms with Crippen molar-refractivity contribution < 1.29 is 43.2 Å². The molecule has 5 aliphatic carbocycles. The maximum Gasteiger partial charge on any atom is 0.511 e. The number of fused-ring (bicyclic) bond motifs is 7. The minimum atomic E-state index is -0.894. The van der Waals surface area contributed by atoms with Crippen molar-refractivity contribution >= 4 is 24.1 Å². The molecule has 306 valence electrons. The van der Waals surface area contributed by atoms with Crippen LogP contribution in [0.3, 0.4) is 0 Å². The van der Waals surface area contributed by atoms with Crippen LogP contribution in [-0.2, 0) is 33.3 Å². The van der Waals surface area contributed by atoms with E-state index in [9.17, 15) is 24.3 Å². The number of allylic oxidation sites excluding steroid dienone is 1. The molecule has 1 unspecified atom stereocenters. The van der Waals surface area contributed by atoms with E-state index in [2.05, 4.69) is 48.1 Å². The Morgan fingerprint density at radius 2 is 1.46 bits per heavy atom. The molecule has 0 aromatic rings. The van der Waals surface area contributed by atoms with Crippen LogP contribution in [0.5, 0.6) is 0 Å². The van der Waals surface area contributed by atoms with Crippen LogP contribution in [0.15, 0.2) is 12.2 Å². The maximum atomic E-state index is 13.2. The van der Waals surface area contributed by atoms with Gasteiger partial charge >= 0.3 is 24.1 Å². The van der Waals surface area contributed by atoms with Crippen LogP contribution < -0.4 is 0 Å². The van der Waals surface area contributed by atoms with E-state index >= 15 is 0 Å². The highest BCUT2D eigenvalue weighted by molar-refractivity contribution is 5.73. The second-order valence-corrected chi connectivity index (χ2v) is 21.4. The molecule has 0 aromatic carbocycles. The predicted molar refractivity (Wildman–Crippen MR) is 207 cm³/mol. The quantitative estimate of drug-likeness (QED) is 0.0949. The zero-order valence-corrected chi connectivity index (χ0v) is 35.4. The first-order valence-corrected chi connectivity index (χ1v) is 20.9. The van der Waals surface area contributed by atoms with E-state index in [0.717, 1.165) is 32.1 Å². The van der Waals surface area contributed by atoms with Gasteiger partial charge in [-0.2, -0.15) is 0 Å². The highest BCUT2D eigenvalue weighted by atomic mass is 16.8. The van der Waals surface area contributed by atoms with Crippen LogP contribution in [-0.4, -0.2) is 47.7 Å². The Morgan fingerprint density at radius 1 is 0.796 bits per heavy atom. The molecule has 11 atom stereocenters. The van der Waals surface area contributed by atoms with E-state index in [-0.39, 0.29) is 52.5 Å². The van der Waals surface area contributed by atoms with Crippen LogP contribution >= 0.6 is 0 Å². The SMILES string of the molecule is C=C(C)[C@@H]1C[C@@H](CCC(=O)OCOC(=O)OC(C)(C)C)C2CC[C@]3(C)[C@H](CC[C@@H]4[C@@]5(C)CC[C@H](OC(=O)CC(C)(C)CC(=O)O)C(C)(C)[C@@H]5CC[C@]43C)[C@H]21. The van der Waals surface area contributed by atoms with E-state index in [1.54, 1.807) is 20.8 Å². The van der Waals surface area contributed by atoms with E-state index < -0.39 is 29.9 Å². The summed E-state index contributed by atoms with van der Waals surface area (Å²) >= 11 is 0. The molecule has 54 heavy (non-hydrogen) atoms. The molecule has 5 aliphatic rings. The molecule has 0 aromatic heterocycles. The van der Waals surface area contributed by atoms with Crippen molar-refractivity contribution in [1.29, 1.82) is 0 Å². The highest BCUT2D eigenvalue weighted by Crippen LogP contribution is 2.76. The number of hydrogen-bond acceptors (Lipinski definition) is 8. The molecule has 5 saturated carbocycles. The summed E-state index contributed by atoms with van der Waals surface area (Å²) in [6.07, 6.45) is 10.2. The van der Waals surface area contributed by atoms with E-state index in [0.29, 0.717) is 47.8 Å². The molecule has 0 amide bonds. The molecule has 0 radical (unpaired) electrons. The third-order valence-corrected chi connectivity index (χ3v) is 16.1. The molecule has 0 heterocycles. The van der Waals surface area contributed by atoms with Gasteiger partial charge in [0.1, 0.15) is 11.7 Å². The van der Waals surface area contributed by atoms with Crippen molar-refractivity contribution in [2.24, 2.45) is 68.5 Å². The van der Waals surface area contributed by atoms with Gasteiger partial charge in [0.25, 0.3) is 0 Å². The van der Waals surface area contributed by atoms with Gasteiger partial charge in [0, 0.05) is 11.8 Å². The zero-order chi connectivity index (χ0) is 40.2. The van der Waals surface area contributed by atoms with Gasteiger partial charge < -0.3 is 24.1 Å². The summed E-state index contributed by atoms with van der Waals surface area (Å²) in [4.78, 5) is 49.2. The van der Waals surface area contributed by atoms with Gasteiger partial charge in [-0.25, -0.2) is 4.79 Å². The first-order chi connectivity index (χ1) is 24.8. The van der Waals surface area contributed by atoms with Crippen LogP contribution in [0, 0.1) is 68.5 Å². The molecule has 0 spiro atoms. The number of carboxylic acid groups (broad SMARTS) is 1. The second-order valence-electron chi connectivity index (χ2n) is 21.4. The summed E-state index contributed by atoms with van der Waals surface area (Å²) in [5, 5.41) is 9.34. The van der Waals surface area contributed by atoms with Crippen LogP contribution in [0.1, 0.15) is 160 Å². The lowest BCUT2D eigenvalue weighted by molar-refractivity contribution is -0.245. The molecule has 5 rings (SSSR count). The topological polar surface area (TPSA) is 125 Å². The summed E-state index contributed by atoms with van der Waals surface area (Å²) in [6.45, 7) is 27.7. The Kier molecular flexibility index (Phi) is 11.9. The summed E-state index contributed by atoms with van der Waals surface area (Å²) in [5.41, 5.74) is 0.314. The average molecular weight is 757 g/mol. The van der Waals surface area contributed by atoms with E-state index in [1.165, 1.54) is 37.7 Å². The zero-order valence-electron chi connectivity index (χ0n) is 35.4. The van der Waals surface area contributed by atoms with Crippen LogP contribution in [0.4, 0.5) is 4.79 Å². The number of rotatable bonds is 11. The Labute approximate surface area is 325 Å². The largest absolute Gasteiger partial charge is 0.511 e. The fourth-order valence-corrected chi connectivity index (χ4v) is 13.7. The molecule has 0 bridgehead atoms. The Bertz CT molecular complexity index is 1460. The number of carbonyl (C=O) groups excluding carboxylic acids is 3. The minimum absolute atomic E-state index is 0.0601. The van der Waals surface area contributed by atoms with E-state index in [1.807, 2.05) is 13.8 Å². The maximum absolute atomic E-state index is 13.2. The lowest BCUT2D eigenvalue weighted by atomic mass is 9.33. The third-order valence-electron chi connectivity index (χ3n) is 16.1. The number of ether oxygens (including phenoxy) is 4. The minimum Gasteiger partial charge on any atom is -0.481 e. The average Bonchev–Trinajstić information content (AvgIpc) is 3.39. The molecule has 5 fully saturated rings. The summed E-state index contributed by atoms with van der Waals surface area (Å²) in [7, 11) is 0. The second kappa shape index (κ2) is 15.1. The van der Waals surface area contributed by atoms with E-state index in [4.69, 9.17) is 18.9 Å². The third kappa shape index (κ3) is 8.12. The monoisotopic (exact) mass is 757 g/mol. The number of hydrogen-bond donors (Lipinski definition) is 1. The Morgan fingerprint density at radius 3 is 2.09 bits per heavy atom. The lowest BCUT2D eigenvalue weighted by Gasteiger charge is -2.72. The standard InChI is InChI=1S/C45H72O9/c1-27(2)30-23-28(13-16-36(48)51-26-52-39(50)54-40(3,4)5)29-17-21-44(11)31(38(29)30)14-15-33-43(10)20-19-34(42(8,9)32(43)18-22-45(33,44)12)53-37(49)25-41(6,7)24-35(46)47/h28-34,38H,1,13-26H2,2-12H3,(H,46,47)/t28-,29?,30+,31-,32+,33-,34+,38-,43+,44-,45-/m1/s1. The molecule has 0 saturated heterocycles. The fraction of sp³-hybridized carbons (Fsp3) is 0.867. The Hall–Kier alpha value is -2.58. The number of carbonyl (C=O) groups is 4. The molecule has 9 heteroatoms. The van der Waals surface area contributed by atoms with Gasteiger partial charge in [-0.1, -0.05) is 60.6 Å². The van der Waals surface area contributed by atoms with Gasteiger partial charge in [0.15, 0.2) is 0 Å². The van der Waals surface area contributed by atoms with Crippen molar-refractivity contribution in [3.8, 4) is 0 Å². The van der Waals surface area contributed by atoms with Crippen LogP contribution in [0.2, 0.25) is 0 Å². The van der Waals surface area contributed by atoms with Crippen molar-refractivity contribution in [3.05, 3.63) is 12.2 Å². The summed E-state index contributed by atoms with van der Waals surface area (Å²) < 4.78 is 21.6. The van der Waals surface area contributed by atoms with Gasteiger partial charge in [0.2, 0.25) is 6.79 Å². The van der Waals surface area contributed by atoms with Crippen molar-refractivity contribution in [3.63, 3.8) is 0 Å². The number of aliphatic carboxylic acids is 1. The molecule has 0 aliphatic heterocycles. The smallest absolute Gasteiger partial charge is 0.481 e. The van der Waals surface area contributed by atoms with Crippen LogP contribution in [0.25, 0.3) is 0 Å². The lowest BCUT2D eigenvalue weighted by Crippen LogP contribution is -2.66. The molecule has 1 N–H and O–H groups in total. The number of carboxylic acids is 1. The fourth-order valence-electron chi connectivity index (χ4n) is 13.7. The normalized spacial score (nSPS) is 38.4. The molecule has 9 nitrogen and oxygen atoms in total. The van der Waals surface area contributed by atoms with Gasteiger partial charge in [0.05, 0.1) is 12.8 Å². The molecular formula is C45H72O9. The first kappa shape index (κ1) is 42.6. The van der Waals surface area contributed by atoms with Crippen molar-refractivity contribution in [2.75, 3.05) is 6.79 Å². The predicted octanol–water partition coefficient (Wildman–Crippen LogP) is 10.5. The van der Waals surface area contributed by atoms with Crippen molar-refractivity contribution in [1.82, 2.24) is 0 Å². The Balaban J connectivity index is 1.26.